The van der Waals surface area contributed by atoms with Crippen molar-refractivity contribution in [3.8, 4) is 17.2 Å². The molecule has 0 radical (unpaired) electrons. The number of aromatic nitrogens is 2. The van der Waals surface area contributed by atoms with Crippen molar-refractivity contribution in [2.45, 2.75) is 65.1 Å². The Bertz CT molecular complexity index is 1570. The Hall–Kier alpha value is -4.45. The molecule has 2 amide bonds. The monoisotopic (exact) mass is 604 g/mol. The summed E-state index contributed by atoms with van der Waals surface area (Å²) >= 11 is 0. The van der Waals surface area contributed by atoms with E-state index in [-0.39, 0.29) is 30.8 Å². The van der Waals surface area contributed by atoms with Crippen molar-refractivity contribution in [1.82, 2.24) is 25.5 Å². The van der Waals surface area contributed by atoms with Gasteiger partial charge >= 0.3 is 0 Å². The molecule has 2 aliphatic heterocycles. The first-order valence-electron chi connectivity index (χ1n) is 14.8. The van der Waals surface area contributed by atoms with Crippen LogP contribution in [0.15, 0.2) is 36.7 Å². The van der Waals surface area contributed by atoms with E-state index in [0.717, 1.165) is 5.69 Å². The van der Waals surface area contributed by atoms with Crippen molar-refractivity contribution >= 4 is 40.0 Å². The third kappa shape index (κ3) is 6.40. The quantitative estimate of drug-likeness (QED) is 0.315. The number of ketones is 1. The number of Topliss-reactive ketones (excluding diaryl/α,β-unsaturated/α-hetero) is 1. The summed E-state index contributed by atoms with van der Waals surface area (Å²) in [6.07, 6.45) is 2.77. The SMILES string of the molecule is CN[C@@H](C)C(=O)N[C@H](C(=O)N1CCC[C@H]1C(=O)Cc1cc2c(Nc3ccc4c(c3)OCO4)ncnc2cc1OC)C(C)(C)C. The molecule has 234 valence electrons. The first-order valence-corrected chi connectivity index (χ1v) is 14.8. The minimum Gasteiger partial charge on any atom is -0.496 e. The lowest BCUT2D eigenvalue weighted by Crippen LogP contribution is -2.58. The summed E-state index contributed by atoms with van der Waals surface area (Å²) in [6.45, 7) is 8.08. The molecule has 0 bridgehead atoms. The highest BCUT2D eigenvalue weighted by Crippen LogP contribution is 2.36. The Morgan fingerprint density at radius 3 is 2.61 bits per heavy atom. The van der Waals surface area contributed by atoms with E-state index >= 15 is 0 Å². The lowest BCUT2D eigenvalue weighted by Gasteiger charge is -2.36. The van der Waals surface area contributed by atoms with E-state index in [0.29, 0.717) is 58.9 Å². The number of ether oxygens (including phenoxy) is 3. The number of methoxy groups -OCH3 is 1. The molecule has 0 spiro atoms. The zero-order valence-electron chi connectivity index (χ0n) is 26.0. The predicted octanol–water partition coefficient (Wildman–Crippen LogP) is 3.35. The number of likely N-dealkylation sites (tertiary alicyclic amines) is 1. The smallest absolute Gasteiger partial charge is 0.246 e. The molecule has 5 rings (SSSR count). The minimum atomic E-state index is -0.781. The largest absolute Gasteiger partial charge is 0.496 e. The van der Waals surface area contributed by atoms with Gasteiger partial charge in [0.25, 0.3) is 0 Å². The van der Waals surface area contributed by atoms with E-state index in [1.807, 2.05) is 45.0 Å². The predicted molar refractivity (Wildman–Crippen MR) is 165 cm³/mol. The molecule has 3 atom stereocenters. The van der Waals surface area contributed by atoms with E-state index in [9.17, 15) is 14.4 Å². The standard InChI is InChI=1S/C32H40N6O6/c1-18(33-5)30(40)37-28(32(2,3)4)31(41)38-11-7-8-23(38)24(39)13-19-12-21-22(15-26(19)42-6)34-16-35-29(21)36-20-9-10-25-27(14-20)44-17-43-25/h9-10,12,14-16,18,23,28,33H,7-8,11,13,17H2,1-6H3,(H,37,40)(H,34,35,36)/t18-,23-,28+/m0/s1. The number of anilines is 2. The van der Waals surface area contributed by atoms with Crippen molar-refractivity contribution in [2.24, 2.45) is 5.41 Å². The molecule has 2 aromatic carbocycles. The average Bonchev–Trinajstić information content (AvgIpc) is 3.68. The Morgan fingerprint density at radius 2 is 1.89 bits per heavy atom. The Morgan fingerprint density at radius 1 is 1.11 bits per heavy atom. The molecule has 12 nitrogen and oxygen atoms in total. The number of fused-ring (bicyclic) bond motifs is 2. The molecule has 1 aromatic heterocycles. The number of hydrogen-bond donors (Lipinski definition) is 3. The van der Waals surface area contributed by atoms with Gasteiger partial charge in [-0.05, 0) is 50.4 Å². The van der Waals surface area contributed by atoms with E-state index < -0.39 is 23.5 Å². The number of rotatable bonds is 10. The van der Waals surface area contributed by atoms with Crippen molar-refractivity contribution in [2.75, 3.05) is 32.8 Å². The van der Waals surface area contributed by atoms with Crippen LogP contribution in [0.4, 0.5) is 11.5 Å². The maximum absolute atomic E-state index is 13.9. The molecule has 0 unspecified atom stereocenters. The van der Waals surface area contributed by atoms with E-state index in [1.54, 1.807) is 32.0 Å². The van der Waals surface area contributed by atoms with Gasteiger partial charge in [-0.3, -0.25) is 14.4 Å². The fraction of sp³-hybridized carbons (Fsp3) is 0.469. The number of carbonyl (C=O) groups excluding carboxylic acids is 3. The van der Waals surface area contributed by atoms with Crippen molar-refractivity contribution in [1.29, 1.82) is 0 Å². The molecule has 44 heavy (non-hydrogen) atoms. The van der Waals surface area contributed by atoms with Crippen LogP contribution >= 0.6 is 0 Å². The maximum Gasteiger partial charge on any atom is 0.246 e. The van der Waals surface area contributed by atoms with Crippen molar-refractivity contribution < 1.29 is 28.6 Å². The first kappa shape index (κ1) is 31.0. The topological polar surface area (TPSA) is 144 Å². The van der Waals surface area contributed by atoms with Gasteiger partial charge in [-0.15, -0.1) is 0 Å². The number of carbonyl (C=O) groups is 3. The van der Waals surface area contributed by atoms with Crippen LogP contribution in [0.3, 0.4) is 0 Å². The Kier molecular flexibility index (Phi) is 8.91. The summed E-state index contributed by atoms with van der Waals surface area (Å²) in [5.41, 5.74) is 1.51. The molecule has 3 heterocycles. The van der Waals surface area contributed by atoms with Gasteiger partial charge < -0.3 is 35.1 Å². The van der Waals surface area contributed by atoms with Crippen LogP contribution in [-0.4, -0.2) is 78.1 Å². The second kappa shape index (κ2) is 12.7. The average molecular weight is 605 g/mol. The van der Waals surface area contributed by atoms with E-state index in [2.05, 4.69) is 25.9 Å². The van der Waals surface area contributed by atoms with Gasteiger partial charge in [0.05, 0.1) is 24.7 Å². The van der Waals surface area contributed by atoms with Gasteiger partial charge in [0, 0.05) is 41.7 Å². The van der Waals surface area contributed by atoms with Gasteiger partial charge in [-0.1, -0.05) is 20.8 Å². The number of benzene rings is 2. The third-order valence-electron chi connectivity index (χ3n) is 8.17. The molecule has 3 N–H and O–H groups in total. The summed E-state index contributed by atoms with van der Waals surface area (Å²) in [4.78, 5) is 50.9. The van der Waals surface area contributed by atoms with Gasteiger partial charge in [0.15, 0.2) is 17.3 Å². The summed E-state index contributed by atoms with van der Waals surface area (Å²) < 4.78 is 16.6. The number of amides is 2. The number of nitrogens with one attached hydrogen (secondary N) is 3. The fourth-order valence-corrected chi connectivity index (χ4v) is 5.55. The van der Waals surface area contributed by atoms with Gasteiger partial charge in [0.2, 0.25) is 18.6 Å². The number of hydrogen-bond acceptors (Lipinski definition) is 10. The second-order valence-corrected chi connectivity index (χ2v) is 12.2. The summed E-state index contributed by atoms with van der Waals surface area (Å²) in [5, 5.41) is 9.85. The first-order chi connectivity index (χ1) is 21.0. The fourth-order valence-electron chi connectivity index (χ4n) is 5.55. The van der Waals surface area contributed by atoms with Crippen LogP contribution in [0.25, 0.3) is 10.9 Å². The Balaban J connectivity index is 1.39. The zero-order valence-corrected chi connectivity index (χ0v) is 26.0. The third-order valence-corrected chi connectivity index (χ3v) is 8.17. The molecule has 12 heteroatoms. The van der Waals surface area contributed by atoms with Crippen LogP contribution < -0.4 is 30.2 Å². The summed E-state index contributed by atoms with van der Waals surface area (Å²) in [5.74, 6) is 1.78. The zero-order chi connectivity index (χ0) is 31.6. The molecule has 1 fully saturated rings. The maximum atomic E-state index is 13.9. The number of nitrogens with zero attached hydrogens (tertiary/aromatic N) is 3. The highest BCUT2D eigenvalue weighted by Gasteiger charge is 2.42. The Labute approximate surface area is 256 Å². The molecule has 0 saturated carbocycles. The lowest BCUT2D eigenvalue weighted by molar-refractivity contribution is -0.143. The molecule has 3 aromatic rings. The summed E-state index contributed by atoms with van der Waals surface area (Å²) in [7, 11) is 3.24. The normalized spacial score (nSPS) is 17.3. The lowest BCUT2D eigenvalue weighted by atomic mass is 9.85. The van der Waals surface area contributed by atoms with Crippen LogP contribution in [0.5, 0.6) is 17.2 Å². The summed E-state index contributed by atoms with van der Waals surface area (Å²) in [6, 6.07) is 7.33. The van der Waals surface area contributed by atoms with Crippen LogP contribution in [0, 0.1) is 5.41 Å². The van der Waals surface area contributed by atoms with Crippen LogP contribution in [0.2, 0.25) is 0 Å². The minimum absolute atomic E-state index is 0.0508. The molecular weight excluding hydrogens is 564 g/mol. The van der Waals surface area contributed by atoms with E-state index in [1.165, 1.54) is 6.33 Å². The molecule has 0 aliphatic carbocycles. The van der Waals surface area contributed by atoms with Gasteiger partial charge in [0.1, 0.15) is 23.9 Å². The molecule has 1 saturated heterocycles. The van der Waals surface area contributed by atoms with E-state index in [4.69, 9.17) is 14.2 Å². The molecular formula is C32H40N6O6. The van der Waals surface area contributed by atoms with Gasteiger partial charge in [-0.2, -0.15) is 0 Å². The highest BCUT2D eigenvalue weighted by atomic mass is 16.7. The number of likely N-dealkylation sites (N-methyl/N-ethyl adjacent to an activating group) is 1. The van der Waals surface area contributed by atoms with Crippen molar-refractivity contribution in [3.05, 3.63) is 42.2 Å². The van der Waals surface area contributed by atoms with Crippen molar-refractivity contribution in [3.63, 3.8) is 0 Å². The van der Waals surface area contributed by atoms with Gasteiger partial charge in [-0.25, -0.2) is 9.97 Å². The van der Waals surface area contributed by atoms with Crippen LogP contribution in [0.1, 0.15) is 46.1 Å². The molecule has 2 aliphatic rings. The highest BCUT2D eigenvalue weighted by molar-refractivity contribution is 5.97. The second-order valence-electron chi connectivity index (χ2n) is 12.2. The van der Waals surface area contributed by atoms with Crippen LogP contribution in [-0.2, 0) is 20.8 Å².